The average molecular weight is 489 g/mol. The molecule has 2 aromatic carbocycles. The Labute approximate surface area is 175 Å². The minimum atomic E-state index is -4.07. The molecular weight excluding hydrogens is 474 g/mol. The molecule has 2 aromatic rings. The van der Waals surface area contributed by atoms with Gasteiger partial charge in [0.2, 0.25) is 15.9 Å². The van der Waals surface area contributed by atoms with Crippen LogP contribution in [-0.2, 0) is 19.6 Å². The van der Waals surface area contributed by atoms with Gasteiger partial charge in [0.15, 0.2) is 6.61 Å². The van der Waals surface area contributed by atoms with E-state index >= 15 is 0 Å². The molecule has 0 spiro atoms. The zero-order valence-electron chi connectivity index (χ0n) is 14.5. The molecule has 1 aliphatic heterocycles. The molecule has 3 rings (SSSR count). The van der Waals surface area contributed by atoms with Crippen molar-refractivity contribution in [3.63, 3.8) is 0 Å². The van der Waals surface area contributed by atoms with Crippen molar-refractivity contribution in [2.45, 2.75) is 4.90 Å². The van der Waals surface area contributed by atoms with E-state index in [0.717, 1.165) is 8.78 Å². The third kappa shape index (κ3) is 4.46. The highest BCUT2D eigenvalue weighted by atomic mass is 79.9. The Kier molecular flexibility index (Phi) is 5.94. The number of ether oxygens (including phenoxy) is 1. The number of carbonyl (C=O) groups is 2. The molecule has 0 bridgehead atoms. The number of fused-ring (bicyclic) bond motifs is 1. The van der Waals surface area contributed by atoms with Crippen molar-refractivity contribution < 1.29 is 22.7 Å². The molecule has 1 aliphatic rings. The molecule has 0 fully saturated rings. The first-order chi connectivity index (χ1) is 13.2. The van der Waals surface area contributed by atoms with Gasteiger partial charge in [0.1, 0.15) is 10.6 Å². The normalized spacial score (nSPS) is 13.5. The van der Waals surface area contributed by atoms with E-state index in [1.54, 1.807) is 24.3 Å². The van der Waals surface area contributed by atoms with Crippen molar-refractivity contribution in [1.82, 2.24) is 4.31 Å². The Morgan fingerprint density at radius 2 is 2.11 bits per heavy atom. The number of benzene rings is 2. The fourth-order valence-corrected chi connectivity index (χ4v) is 4.54. The standard InChI is InChI=1S/C17H15BrClN3O5S/c1-22(8-16(23)20-11-4-2-3-10(18)5-11)28(25,26)15-7-14-13(6-12(15)19)21-17(24)9-27-14/h2-7H,8-9H2,1H3,(H,20,23)(H,21,24). The van der Waals surface area contributed by atoms with Crippen molar-refractivity contribution in [2.75, 3.05) is 30.8 Å². The van der Waals surface area contributed by atoms with Gasteiger partial charge in [-0.2, -0.15) is 4.31 Å². The van der Waals surface area contributed by atoms with E-state index in [9.17, 15) is 18.0 Å². The van der Waals surface area contributed by atoms with Gasteiger partial charge >= 0.3 is 0 Å². The third-order valence-electron chi connectivity index (χ3n) is 3.83. The summed E-state index contributed by atoms with van der Waals surface area (Å²) in [6, 6.07) is 9.45. The van der Waals surface area contributed by atoms with Crippen LogP contribution in [0.1, 0.15) is 0 Å². The van der Waals surface area contributed by atoms with Crippen molar-refractivity contribution >= 4 is 60.7 Å². The fraction of sp³-hybridized carbons (Fsp3) is 0.176. The molecule has 0 radical (unpaired) electrons. The molecule has 0 saturated heterocycles. The summed E-state index contributed by atoms with van der Waals surface area (Å²) in [7, 11) is -2.80. The molecule has 0 aromatic heterocycles. The highest BCUT2D eigenvalue weighted by Crippen LogP contribution is 2.36. The molecule has 28 heavy (non-hydrogen) atoms. The quantitative estimate of drug-likeness (QED) is 0.673. The second-order valence-electron chi connectivity index (χ2n) is 5.94. The number of anilines is 2. The van der Waals surface area contributed by atoms with Crippen molar-refractivity contribution in [2.24, 2.45) is 0 Å². The van der Waals surface area contributed by atoms with Crippen LogP contribution in [0.2, 0.25) is 5.02 Å². The van der Waals surface area contributed by atoms with Crippen LogP contribution in [0.15, 0.2) is 45.8 Å². The van der Waals surface area contributed by atoms with Crippen LogP contribution in [0.4, 0.5) is 11.4 Å². The van der Waals surface area contributed by atoms with Gasteiger partial charge in [0.25, 0.3) is 5.91 Å². The van der Waals surface area contributed by atoms with Crippen LogP contribution in [0.3, 0.4) is 0 Å². The first kappa shape index (κ1) is 20.6. The molecule has 148 valence electrons. The van der Waals surface area contributed by atoms with E-state index in [1.807, 2.05) is 0 Å². The number of halogens is 2. The third-order valence-corrected chi connectivity index (χ3v) is 6.59. The number of sulfonamides is 1. The summed E-state index contributed by atoms with van der Waals surface area (Å²) in [5, 5.41) is 5.08. The van der Waals surface area contributed by atoms with E-state index in [4.69, 9.17) is 16.3 Å². The highest BCUT2D eigenvalue weighted by Gasteiger charge is 2.28. The van der Waals surface area contributed by atoms with Crippen molar-refractivity contribution in [3.8, 4) is 5.75 Å². The molecule has 0 aliphatic carbocycles. The average Bonchev–Trinajstić information content (AvgIpc) is 2.60. The number of nitrogens with one attached hydrogen (secondary N) is 2. The number of hydrogen-bond donors (Lipinski definition) is 2. The number of hydrogen-bond acceptors (Lipinski definition) is 5. The Hall–Kier alpha value is -2.14. The summed E-state index contributed by atoms with van der Waals surface area (Å²) < 4.78 is 32.6. The van der Waals surface area contributed by atoms with Gasteiger partial charge < -0.3 is 15.4 Å². The van der Waals surface area contributed by atoms with E-state index < -0.39 is 22.5 Å². The predicted molar refractivity (Wildman–Crippen MR) is 108 cm³/mol. The Bertz CT molecular complexity index is 1060. The van der Waals surface area contributed by atoms with Gasteiger partial charge in [0, 0.05) is 23.3 Å². The number of carbonyl (C=O) groups excluding carboxylic acids is 2. The Morgan fingerprint density at radius 3 is 2.82 bits per heavy atom. The molecule has 8 nitrogen and oxygen atoms in total. The minimum absolute atomic E-state index is 0.0937. The lowest BCUT2D eigenvalue weighted by atomic mass is 10.2. The maximum absolute atomic E-state index is 12.9. The lowest BCUT2D eigenvalue weighted by molar-refractivity contribution is -0.118. The maximum Gasteiger partial charge on any atom is 0.262 e. The first-order valence-electron chi connectivity index (χ1n) is 7.95. The van der Waals surface area contributed by atoms with E-state index in [2.05, 4.69) is 26.6 Å². The number of amides is 2. The molecule has 0 atom stereocenters. The van der Waals surface area contributed by atoms with E-state index in [1.165, 1.54) is 19.2 Å². The lowest BCUT2D eigenvalue weighted by Gasteiger charge is -2.22. The van der Waals surface area contributed by atoms with Crippen molar-refractivity contribution in [1.29, 1.82) is 0 Å². The monoisotopic (exact) mass is 487 g/mol. The summed E-state index contributed by atoms with van der Waals surface area (Å²) in [6.45, 7) is -0.640. The number of nitrogens with zero attached hydrogens (tertiary/aromatic N) is 1. The molecule has 0 saturated carbocycles. The molecular formula is C17H15BrClN3O5S. The minimum Gasteiger partial charge on any atom is -0.482 e. The molecule has 2 N–H and O–H groups in total. The fourth-order valence-electron chi connectivity index (χ4n) is 2.50. The number of likely N-dealkylation sites (N-methyl/N-ethyl adjacent to an activating group) is 1. The summed E-state index contributed by atoms with van der Waals surface area (Å²) >= 11 is 9.40. The van der Waals surface area contributed by atoms with Gasteiger partial charge in [-0.05, 0) is 24.3 Å². The van der Waals surface area contributed by atoms with Gasteiger partial charge in [-0.25, -0.2) is 8.42 Å². The molecule has 0 unspecified atom stereocenters. The Morgan fingerprint density at radius 1 is 1.36 bits per heavy atom. The smallest absolute Gasteiger partial charge is 0.262 e. The Balaban J connectivity index is 1.78. The first-order valence-corrected chi connectivity index (χ1v) is 10.6. The summed E-state index contributed by atoms with van der Waals surface area (Å²) in [5.74, 6) is -0.683. The van der Waals surface area contributed by atoms with Crippen LogP contribution in [-0.4, -0.2) is 44.7 Å². The van der Waals surface area contributed by atoms with E-state index in [-0.39, 0.29) is 33.9 Å². The molecule has 1 heterocycles. The van der Waals surface area contributed by atoms with E-state index in [0.29, 0.717) is 5.69 Å². The maximum atomic E-state index is 12.9. The number of rotatable bonds is 5. The van der Waals surface area contributed by atoms with Crippen LogP contribution in [0, 0.1) is 0 Å². The largest absolute Gasteiger partial charge is 0.482 e. The predicted octanol–water partition coefficient (Wildman–Crippen LogP) is 2.69. The van der Waals surface area contributed by atoms with Crippen LogP contribution in [0.25, 0.3) is 0 Å². The second-order valence-corrected chi connectivity index (χ2v) is 9.27. The lowest BCUT2D eigenvalue weighted by Crippen LogP contribution is -2.35. The summed E-state index contributed by atoms with van der Waals surface area (Å²) in [4.78, 5) is 23.4. The van der Waals surface area contributed by atoms with Gasteiger partial charge in [0.05, 0.1) is 17.3 Å². The van der Waals surface area contributed by atoms with Gasteiger partial charge in [-0.15, -0.1) is 0 Å². The van der Waals surface area contributed by atoms with Crippen LogP contribution in [0.5, 0.6) is 5.75 Å². The molecule has 2 amide bonds. The zero-order chi connectivity index (χ0) is 20.5. The highest BCUT2D eigenvalue weighted by molar-refractivity contribution is 9.10. The van der Waals surface area contributed by atoms with Crippen molar-refractivity contribution in [3.05, 3.63) is 45.9 Å². The SMILES string of the molecule is CN(CC(=O)Nc1cccc(Br)c1)S(=O)(=O)c1cc2c(cc1Cl)NC(=O)CO2. The van der Waals surface area contributed by atoms with Crippen LogP contribution >= 0.6 is 27.5 Å². The zero-order valence-corrected chi connectivity index (χ0v) is 17.7. The second kappa shape index (κ2) is 8.08. The molecule has 11 heteroatoms. The topological polar surface area (TPSA) is 105 Å². The van der Waals surface area contributed by atoms with Crippen LogP contribution < -0.4 is 15.4 Å². The van der Waals surface area contributed by atoms with Gasteiger partial charge in [-0.3, -0.25) is 9.59 Å². The summed E-state index contributed by atoms with van der Waals surface area (Å²) in [5.41, 5.74) is 0.816. The van der Waals surface area contributed by atoms with Gasteiger partial charge in [-0.1, -0.05) is 33.6 Å². The summed E-state index contributed by atoms with van der Waals surface area (Å²) in [6.07, 6.45) is 0.